The van der Waals surface area contributed by atoms with Crippen LogP contribution in [-0.2, 0) is 0 Å². The molecule has 11 heavy (non-hydrogen) atoms. The number of rotatable bonds is 5. The molecule has 0 unspecified atom stereocenters. The highest BCUT2D eigenvalue weighted by Gasteiger charge is 1.92. The number of hydrogen-bond donors (Lipinski definition) is 1. The van der Waals surface area contributed by atoms with Crippen LogP contribution >= 0.6 is 0 Å². The average molecular weight is 154 g/mol. The first kappa shape index (κ1) is 10.4. The number of nitrogens with two attached hydrogens (primary N) is 1. The molecular weight excluding hydrogens is 136 g/mol. The van der Waals surface area contributed by atoms with E-state index >= 15 is 0 Å². The third-order valence-electron chi connectivity index (χ3n) is 1.49. The molecule has 0 spiro atoms. The molecule has 0 aliphatic heterocycles. The zero-order valence-electron chi connectivity index (χ0n) is 7.51. The van der Waals surface area contributed by atoms with Crippen molar-refractivity contribution in [2.45, 2.75) is 6.42 Å². The minimum Gasteiger partial charge on any atom is -0.327 e. The largest absolute Gasteiger partial charge is 0.327 e. The molecule has 0 aromatic heterocycles. The molecule has 0 aliphatic rings. The lowest BCUT2D eigenvalue weighted by Gasteiger charge is -2.09. The number of nitrogens with zero attached hydrogens (tertiary/aromatic N) is 1. The van der Waals surface area contributed by atoms with E-state index in [-0.39, 0.29) is 0 Å². The van der Waals surface area contributed by atoms with E-state index in [1.165, 1.54) is 5.57 Å². The van der Waals surface area contributed by atoms with Crippen molar-refractivity contribution in [2.75, 3.05) is 27.2 Å². The quantitative estimate of drug-likeness (QED) is 0.599. The fourth-order valence-electron chi connectivity index (χ4n) is 0.792. The Morgan fingerprint density at radius 3 is 2.55 bits per heavy atom. The van der Waals surface area contributed by atoms with Crippen molar-refractivity contribution < 1.29 is 0 Å². The van der Waals surface area contributed by atoms with Gasteiger partial charge in [-0.1, -0.05) is 24.3 Å². The number of allylic oxidation sites excluding steroid dienone is 1. The van der Waals surface area contributed by atoms with Crippen LogP contribution in [0.2, 0.25) is 0 Å². The molecule has 0 amide bonds. The molecule has 0 rings (SSSR count). The zero-order valence-corrected chi connectivity index (χ0v) is 7.51. The van der Waals surface area contributed by atoms with Gasteiger partial charge < -0.3 is 10.6 Å². The molecule has 0 aliphatic carbocycles. The molecule has 0 fully saturated rings. The van der Waals surface area contributed by atoms with Crippen LogP contribution in [0.3, 0.4) is 0 Å². The maximum absolute atomic E-state index is 5.37. The summed E-state index contributed by atoms with van der Waals surface area (Å²) in [6.07, 6.45) is 4.92. The molecule has 64 valence electrons. The molecule has 0 radical (unpaired) electrons. The van der Waals surface area contributed by atoms with Gasteiger partial charge in [0.2, 0.25) is 0 Å². The lowest BCUT2D eigenvalue weighted by Crippen LogP contribution is -2.13. The Morgan fingerprint density at radius 2 is 2.18 bits per heavy atom. The molecule has 2 N–H and O–H groups in total. The summed E-state index contributed by atoms with van der Waals surface area (Å²) >= 11 is 0. The van der Waals surface area contributed by atoms with Gasteiger partial charge in [-0.15, -0.1) is 0 Å². The summed E-state index contributed by atoms with van der Waals surface area (Å²) in [7, 11) is 4.12. The third-order valence-corrected chi connectivity index (χ3v) is 1.49. The van der Waals surface area contributed by atoms with Gasteiger partial charge in [-0.05, 0) is 20.5 Å². The Labute approximate surface area is 69.4 Å². The minimum atomic E-state index is 0.606. The van der Waals surface area contributed by atoms with E-state index in [1.807, 2.05) is 12.2 Å². The molecule has 0 aromatic rings. The molecule has 0 aromatic carbocycles. The van der Waals surface area contributed by atoms with Gasteiger partial charge in [0.05, 0.1) is 0 Å². The first-order valence-electron chi connectivity index (χ1n) is 3.87. The molecular formula is C9H18N2. The second-order valence-electron chi connectivity index (χ2n) is 2.77. The molecule has 0 bridgehead atoms. The monoisotopic (exact) mass is 154 g/mol. The highest BCUT2D eigenvalue weighted by Crippen LogP contribution is 2.01. The second-order valence-corrected chi connectivity index (χ2v) is 2.77. The van der Waals surface area contributed by atoms with Crippen LogP contribution in [0, 0.1) is 0 Å². The van der Waals surface area contributed by atoms with Gasteiger partial charge in [0.1, 0.15) is 0 Å². The van der Waals surface area contributed by atoms with Crippen LogP contribution in [0.15, 0.2) is 24.3 Å². The Morgan fingerprint density at radius 1 is 1.55 bits per heavy atom. The Kier molecular flexibility index (Phi) is 5.80. The van der Waals surface area contributed by atoms with Crippen molar-refractivity contribution in [1.29, 1.82) is 0 Å². The summed E-state index contributed by atoms with van der Waals surface area (Å²) in [5, 5.41) is 0. The summed E-state index contributed by atoms with van der Waals surface area (Å²) in [6.45, 7) is 5.37. The van der Waals surface area contributed by atoms with Crippen LogP contribution in [0.4, 0.5) is 0 Å². The number of hydrogen-bond acceptors (Lipinski definition) is 2. The van der Waals surface area contributed by atoms with E-state index in [0.717, 1.165) is 13.0 Å². The first-order valence-corrected chi connectivity index (χ1v) is 3.87. The lowest BCUT2D eigenvalue weighted by molar-refractivity contribution is 0.414. The van der Waals surface area contributed by atoms with E-state index in [2.05, 4.69) is 25.6 Å². The van der Waals surface area contributed by atoms with E-state index < -0.39 is 0 Å². The topological polar surface area (TPSA) is 29.3 Å². The lowest BCUT2D eigenvalue weighted by atomic mass is 10.1. The van der Waals surface area contributed by atoms with Crippen molar-refractivity contribution in [3.05, 3.63) is 24.3 Å². The zero-order chi connectivity index (χ0) is 8.69. The third kappa shape index (κ3) is 5.83. The summed E-state index contributed by atoms with van der Waals surface area (Å²) in [5.74, 6) is 0. The fraction of sp³-hybridized carbons (Fsp3) is 0.556. The highest BCUT2D eigenvalue weighted by molar-refractivity contribution is 5.16. The average Bonchev–Trinajstić information content (AvgIpc) is 1.97. The van der Waals surface area contributed by atoms with Crippen LogP contribution in [0.5, 0.6) is 0 Å². The van der Waals surface area contributed by atoms with Gasteiger partial charge in [0.25, 0.3) is 0 Å². The highest BCUT2D eigenvalue weighted by atomic mass is 15.0. The van der Waals surface area contributed by atoms with Crippen LogP contribution < -0.4 is 5.73 Å². The Hall–Kier alpha value is -0.600. The van der Waals surface area contributed by atoms with Crippen LogP contribution in [0.1, 0.15) is 6.42 Å². The molecule has 2 heteroatoms. The van der Waals surface area contributed by atoms with E-state index in [4.69, 9.17) is 5.73 Å². The van der Waals surface area contributed by atoms with Gasteiger partial charge in [0.15, 0.2) is 0 Å². The fourth-order valence-corrected chi connectivity index (χ4v) is 0.792. The summed E-state index contributed by atoms with van der Waals surface area (Å²) < 4.78 is 0. The molecule has 0 heterocycles. The van der Waals surface area contributed by atoms with Gasteiger partial charge in [0, 0.05) is 13.1 Å². The van der Waals surface area contributed by atoms with Gasteiger partial charge in [-0.25, -0.2) is 0 Å². The smallest absolute Gasteiger partial charge is 0.0112 e. The normalized spacial score (nSPS) is 12.2. The predicted molar refractivity (Wildman–Crippen MR) is 50.5 cm³/mol. The molecule has 0 saturated carbocycles. The minimum absolute atomic E-state index is 0.606. The standard InChI is InChI=1S/C9H18N2/c1-4-9(5-7-10)6-8-11(2)3/h4-5H,1,6-8,10H2,2-3H3. The Bertz CT molecular complexity index is 136. The van der Waals surface area contributed by atoms with Gasteiger partial charge >= 0.3 is 0 Å². The maximum atomic E-state index is 5.37. The Balaban J connectivity index is 3.70. The van der Waals surface area contributed by atoms with Crippen molar-refractivity contribution in [3.8, 4) is 0 Å². The van der Waals surface area contributed by atoms with E-state index in [0.29, 0.717) is 6.54 Å². The second kappa shape index (κ2) is 6.13. The van der Waals surface area contributed by atoms with Crippen molar-refractivity contribution in [1.82, 2.24) is 4.90 Å². The molecule has 0 saturated heterocycles. The van der Waals surface area contributed by atoms with Gasteiger partial charge in [-0.3, -0.25) is 0 Å². The maximum Gasteiger partial charge on any atom is 0.0112 e. The van der Waals surface area contributed by atoms with Crippen molar-refractivity contribution in [2.24, 2.45) is 5.73 Å². The SMILES string of the molecule is C=CC(=CCN)CCN(C)C. The van der Waals surface area contributed by atoms with Crippen LogP contribution in [0.25, 0.3) is 0 Å². The first-order chi connectivity index (χ1) is 5.20. The molecule has 2 nitrogen and oxygen atoms in total. The van der Waals surface area contributed by atoms with E-state index in [9.17, 15) is 0 Å². The van der Waals surface area contributed by atoms with Crippen molar-refractivity contribution in [3.63, 3.8) is 0 Å². The summed E-state index contributed by atoms with van der Waals surface area (Å²) in [4.78, 5) is 2.15. The summed E-state index contributed by atoms with van der Waals surface area (Å²) in [5.41, 5.74) is 6.61. The van der Waals surface area contributed by atoms with Crippen molar-refractivity contribution >= 4 is 0 Å². The van der Waals surface area contributed by atoms with Gasteiger partial charge in [-0.2, -0.15) is 0 Å². The van der Waals surface area contributed by atoms with Crippen LogP contribution in [-0.4, -0.2) is 32.1 Å². The van der Waals surface area contributed by atoms with E-state index in [1.54, 1.807) is 0 Å². The predicted octanol–water partition coefficient (Wildman–Crippen LogP) is 1.01. The summed E-state index contributed by atoms with van der Waals surface area (Å²) in [6, 6.07) is 0. The molecule has 0 atom stereocenters.